The number of anilines is 1. The molecule has 0 radical (unpaired) electrons. The summed E-state index contributed by atoms with van der Waals surface area (Å²) >= 11 is 0. The summed E-state index contributed by atoms with van der Waals surface area (Å²) in [5.74, 6) is 2.19. The molecule has 0 unspecified atom stereocenters. The van der Waals surface area contributed by atoms with Crippen LogP contribution in [0.15, 0.2) is 31.0 Å². The summed E-state index contributed by atoms with van der Waals surface area (Å²) in [4.78, 5) is 11.7. The molecule has 0 atom stereocenters. The van der Waals surface area contributed by atoms with Crippen LogP contribution in [0.4, 0.5) is 5.82 Å². The minimum Gasteiger partial charge on any atom is -0.488 e. The molecule has 1 saturated heterocycles. The Morgan fingerprint density at radius 1 is 1.21 bits per heavy atom. The Kier molecular flexibility index (Phi) is 5.92. The summed E-state index contributed by atoms with van der Waals surface area (Å²) in [5, 5.41) is 0.869. The fourth-order valence-electron chi connectivity index (χ4n) is 3.70. The van der Waals surface area contributed by atoms with Crippen LogP contribution in [0.25, 0.3) is 10.9 Å². The van der Waals surface area contributed by atoms with Gasteiger partial charge in [-0.2, -0.15) is 4.98 Å². The Morgan fingerprint density at radius 2 is 2.00 bits per heavy atom. The number of fused-ring (bicyclic) bond motifs is 1. The molecule has 1 aliphatic heterocycles. The van der Waals surface area contributed by atoms with Crippen LogP contribution >= 0.6 is 0 Å². The second kappa shape index (κ2) is 8.75. The summed E-state index contributed by atoms with van der Waals surface area (Å²) in [6.45, 7) is 7.17. The van der Waals surface area contributed by atoms with Gasteiger partial charge in [-0.3, -0.25) is 4.98 Å². The van der Waals surface area contributed by atoms with Gasteiger partial charge >= 0.3 is 0 Å². The smallest absolute Gasteiger partial charge is 0.225 e. The lowest BCUT2D eigenvalue weighted by molar-refractivity contribution is 0.122. The zero-order valence-electron chi connectivity index (χ0n) is 16.2. The largest absolute Gasteiger partial charge is 0.488 e. The molecule has 2 aromatic heterocycles. The van der Waals surface area contributed by atoms with Crippen LogP contribution in [-0.2, 0) is 4.74 Å². The third-order valence-corrected chi connectivity index (χ3v) is 5.31. The molecule has 0 aromatic carbocycles. The molecule has 0 amide bonds. The molecule has 7 heteroatoms. The monoisotopic (exact) mass is 384 g/mol. The van der Waals surface area contributed by atoms with Crippen molar-refractivity contribution in [3.63, 3.8) is 0 Å². The number of aromatic nitrogens is 2. The summed E-state index contributed by atoms with van der Waals surface area (Å²) in [6.07, 6.45) is 7.45. The SMILES string of the molecule is C=CCOc1cnc2cc(N3CCOCC3)nc(OC3CCC(N)CC3)c2c1. The Balaban J connectivity index is 1.67. The van der Waals surface area contributed by atoms with Crippen LogP contribution in [0.1, 0.15) is 25.7 Å². The Labute approximate surface area is 165 Å². The van der Waals surface area contributed by atoms with Crippen LogP contribution in [0, 0.1) is 0 Å². The van der Waals surface area contributed by atoms with Crippen molar-refractivity contribution >= 4 is 16.7 Å². The lowest BCUT2D eigenvalue weighted by Gasteiger charge is -2.30. The second-order valence-electron chi connectivity index (χ2n) is 7.38. The minimum absolute atomic E-state index is 0.133. The van der Waals surface area contributed by atoms with Gasteiger partial charge in [0, 0.05) is 25.2 Å². The van der Waals surface area contributed by atoms with E-state index in [-0.39, 0.29) is 12.1 Å². The zero-order valence-corrected chi connectivity index (χ0v) is 16.2. The van der Waals surface area contributed by atoms with Gasteiger partial charge in [0.25, 0.3) is 0 Å². The first-order valence-electron chi connectivity index (χ1n) is 10.0. The van der Waals surface area contributed by atoms with E-state index in [2.05, 4.69) is 16.5 Å². The minimum atomic E-state index is 0.133. The van der Waals surface area contributed by atoms with Gasteiger partial charge in [0.1, 0.15) is 24.3 Å². The molecular weight excluding hydrogens is 356 g/mol. The molecule has 2 N–H and O–H groups in total. The molecule has 2 fully saturated rings. The average molecular weight is 384 g/mol. The van der Waals surface area contributed by atoms with E-state index in [9.17, 15) is 0 Å². The van der Waals surface area contributed by atoms with Gasteiger partial charge in [-0.1, -0.05) is 12.7 Å². The molecule has 1 aliphatic carbocycles. The first kappa shape index (κ1) is 19.0. The molecule has 2 aliphatic rings. The fourth-order valence-corrected chi connectivity index (χ4v) is 3.70. The van der Waals surface area contributed by atoms with E-state index in [4.69, 9.17) is 24.9 Å². The highest BCUT2D eigenvalue weighted by molar-refractivity contribution is 5.87. The van der Waals surface area contributed by atoms with Crippen molar-refractivity contribution in [1.29, 1.82) is 0 Å². The molecular formula is C21H28N4O3. The normalized spacial score (nSPS) is 22.8. The van der Waals surface area contributed by atoms with E-state index in [0.717, 1.165) is 55.5 Å². The molecule has 150 valence electrons. The van der Waals surface area contributed by atoms with Crippen molar-refractivity contribution in [3.8, 4) is 11.6 Å². The van der Waals surface area contributed by atoms with Gasteiger partial charge in [0.2, 0.25) is 5.88 Å². The highest BCUT2D eigenvalue weighted by Gasteiger charge is 2.23. The van der Waals surface area contributed by atoms with Gasteiger partial charge in [0.15, 0.2) is 0 Å². The van der Waals surface area contributed by atoms with Crippen molar-refractivity contribution in [2.45, 2.75) is 37.8 Å². The fraction of sp³-hybridized carbons (Fsp3) is 0.524. The van der Waals surface area contributed by atoms with Crippen LogP contribution in [0.2, 0.25) is 0 Å². The van der Waals surface area contributed by atoms with Crippen LogP contribution in [-0.4, -0.2) is 55.0 Å². The van der Waals surface area contributed by atoms with E-state index in [1.54, 1.807) is 12.3 Å². The quantitative estimate of drug-likeness (QED) is 0.767. The van der Waals surface area contributed by atoms with Crippen molar-refractivity contribution in [1.82, 2.24) is 9.97 Å². The molecule has 7 nitrogen and oxygen atoms in total. The molecule has 0 bridgehead atoms. The molecule has 28 heavy (non-hydrogen) atoms. The number of morpholine rings is 1. The zero-order chi connectivity index (χ0) is 19.3. The predicted octanol–water partition coefficient (Wildman–Crippen LogP) is 2.68. The Morgan fingerprint density at radius 3 is 2.75 bits per heavy atom. The predicted molar refractivity (Wildman–Crippen MR) is 109 cm³/mol. The van der Waals surface area contributed by atoms with Crippen molar-refractivity contribution in [2.24, 2.45) is 5.73 Å². The summed E-state index contributed by atoms with van der Waals surface area (Å²) in [7, 11) is 0. The van der Waals surface area contributed by atoms with Gasteiger partial charge in [-0.25, -0.2) is 0 Å². The maximum atomic E-state index is 6.37. The Bertz CT molecular complexity index is 815. The summed E-state index contributed by atoms with van der Waals surface area (Å²) in [5.41, 5.74) is 6.90. The van der Waals surface area contributed by atoms with Crippen LogP contribution < -0.4 is 20.1 Å². The highest BCUT2D eigenvalue weighted by atomic mass is 16.5. The van der Waals surface area contributed by atoms with Gasteiger partial charge in [0.05, 0.1) is 30.3 Å². The van der Waals surface area contributed by atoms with E-state index in [0.29, 0.717) is 31.5 Å². The average Bonchev–Trinajstić information content (AvgIpc) is 2.74. The van der Waals surface area contributed by atoms with E-state index in [1.807, 2.05) is 12.1 Å². The molecule has 3 heterocycles. The van der Waals surface area contributed by atoms with Gasteiger partial charge in [-0.15, -0.1) is 0 Å². The number of nitrogens with two attached hydrogens (primary N) is 1. The first-order valence-corrected chi connectivity index (χ1v) is 10.0. The second-order valence-corrected chi connectivity index (χ2v) is 7.38. The third-order valence-electron chi connectivity index (χ3n) is 5.31. The summed E-state index contributed by atoms with van der Waals surface area (Å²) < 4.78 is 17.5. The number of rotatable bonds is 6. The maximum Gasteiger partial charge on any atom is 0.225 e. The topological polar surface area (TPSA) is 82.7 Å². The van der Waals surface area contributed by atoms with E-state index in [1.165, 1.54) is 0 Å². The number of nitrogens with zero attached hydrogens (tertiary/aromatic N) is 3. The number of ether oxygens (including phenoxy) is 3. The lowest BCUT2D eigenvalue weighted by Crippen LogP contribution is -2.37. The highest BCUT2D eigenvalue weighted by Crippen LogP contribution is 2.32. The number of hydrogen-bond donors (Lipinski definition) is 1. The van der Waals surface area contributed by atoms with Crippen LogP contribution in [0.3, 0.4) is 0 Å². The number of pyridine rings is 2. The van der Waals surface area contributed by atoms with Crippen molar-refractivity contribution in [3.05, 3.63) is 31.0 Å². The van der Waals surface area contributed by atoms with Crippen molar-refractivity contribution in [2.75, 3.05) is 37.8 Å². The Hall–Kier alpha value is -2.38. The molecule has 0 spiro atoms. The van der Waals surface area contributed by atoms with E-state index < -0.39 is 0 Å². The van der Waals surface area contributed by atoms with E-state index >= 15 is 0 Å². The number of hydrogen-bond acceptors (Lipinski definition) is 7. The first-order chi connectivity index (χ1) is 13.7. The molecule has 2 aromatic rings. The molecule has 4 rings (SSSR count). The standard InChI is InChI=1S/C21H28N4O3/c1-2-9-27-17-12-18-19(23-14-17)13-20(25-7-10-26-11-8-25)24-21(18)28-16-5-3-15(22)4-6-16/h2,12-16H,1,3-11,22H2. The van der Waals surface area contributed by atoms with Crippen molar-refractivity contribution < 1.29 is 14.2 Å². The molecule has 1 saturated carbocycles. The van der Waals surface area contributed by atoms with Gasteiger partial charge < -0.3 is 24.8 Å². The summed E-state index contributed by atoms with van der Waals surface area (Å²) in [6, 6.07) is 4.25. The lowest BCUT2D eigenvalue weighted by atomic mass is 9.94. The maximum absolute atomic E-state index is 6.37. The van der Waals surface area contributed by atoms with Gasteiger partial charge in [-0.05, 0) is 31.7 Å². The van der Waals surface area contributed by atoms with Crippen LogP contribution in [0.5, 0.6) is 11.6 Å². The third kappa shape index (κ3) is 4.36.